The summed E-state index contributed by atoms with van der Waals surface area (Å²) in [5.74, 6) is 2.69. The number of carbonyl (C=O) groups is 1. The van der Waals surface area contributed by atoms with Crippen molar-refractivity contribution < 1.29 is 9.53 Å². The third kappa shape index (κ3) is 5.75. The number of nitrogens with zero attached hydrogens (tertiary/aromatic N) is 1. The van der Waals surface area contributed by atoms with Crippen molar-refractivity contribution >= 4 is 5.91 Å². The van der Waals surface area contributed by atoms with Gasteiger partial charge in [0.2, 0.25) is 5.91 Å². The molecule has 1 N–H and O–H groups in total. The minimum absolute atomic E-state index is 0.109. The summed E-state index contributed by atoms with van der Waals surface area (Å²) < 4.78 is 6.62. The topological polar surface area (TPSA) is 41.6 Å². The van der Waals surface area contributed by atoms with E-state index in [-0.39, 0.29) is 17.4 Å². The van der Waals surface area contributed by atoms with Crippen molar-refractivity contribution in [1.29, 1.82) is 0 Å². The lowest BCUT2D eigenvalue weighted by Gasteiger charge is -2.47. The molecule has 1 spiro atoms. The van der Waals surface area contributed by atoms with Gasteiger partial charge in [0.05, 0.1) is 0 Å². The van der Waals surface area contributed by atoms with Crippen molar-refractivity contribution in [3.05, 3.63) is 29.8 Å². The van der Waals surface area contributed by atoms with E-state index in [1.165, 1.54) is 24.9 Å². The number of hydrogen-bond donors (Lipinski definition) is 1. The van der Waals surface area contributed by atoms with E-state index >= 15 is 0 Å². The zero-order chi connectivity index (χ0) is 20.9. The number of nitrogens with one attached hydrogen (secondary N) is 1. The second kappa shape index (κ2) is 9.97. The van der Waals surface area contributed by atoms with Crippen molar-refractivity contribution in [3.8, 4) is 5.75 Å². The average Bonchev–Trinajstić information content (AvgIpc) is 2.72. The van der Waals surface area contributed by atoms with Crippen LogP contribution >= 0.6 is 0 Å². The van der Waals surface area contributed by atoms with Crippen LogP contribution < -0.4 is 10.1 Å². The third-order valence-corrected chi connectivity index (χ3v) is 6.88. The van der Waals surface area contributed by atoms with E-state index in [4.69, 9.17) is 4.74 Å². The summed E-state index contributed by atoms with van der Waals surface area (Å²) in [6, 6.07) is 8.35. The summed E-state index contributed by atoms with van der Waals surface area (Å²) in [4.78, 5) is 15.2. The molecule has 0 saturated carbocycles. The quantitative estimate of drug-likeness (QED) is 0.669. The molecule has 1 amide bonds. The van der Waals surface area contributed by atoms with Crippen molar-refractivity contribution in [2.75, 3.05) is 26.2 Å². The van der Waals surface area contributed by atoms with Crippen molar-refractivity contribution in [2.24, 2.45) is 11.8 Å². The van der Waals surface area contributed by atoms with E-state index in [2.05, 4.69) is 62.2 Å². The Hall–Kier alpha value is -1.55. The molecule has 1 aromatic rings. The molecule has 1 saturated heterocycles. The Bertz CT molecular complexity index is 661. The Labute approximate surface area is 177 Å². The Kier molecular flexibility index (Phi) is 7.61. The zero-order valence-corrected chi connectivity index (χ0v) is 18.9. The average molecular weight is 401 g/mol. The molecule has 2 aliphatic rings. The lowest BCUT2D eigenvalue weighted by molar-refractivity contribution is -0.122. The first-order chi connectivity index (χ1) is 13.9. The van der Waals surface area contributed by atoms with Crippen LogP contribution in [0, 0.1) is 11.8 Å². The van der Waals surface area contributed by atoms with Crippen LogP contribution in [0.2, 0.25) is 0 Å². The molecule has 1 fully saturated rings. The normalized spacial score (nSPS) is 21.2. The summed E-state index contributed by atoms with van der Waals surface area (Å²) in [5, 5.41) is 3.11. The summed E-state index contributed by atoms with van der Waals surface area (Å²) >= 11 is 0. The number of amides is 1. The second-order valence-corrected chi connectivity index (χ2v) is 9.61. The fourth-order valence-corrected chi connectivity index (χ4v) is 4.90. The van der Waals surface area contributed by atoms with Gasteiger partial charge in [-0.25, -0.2) is 0 Å². The molecular weight excluding hydrogens is 360 g/mol. The van der Waals surface area contributed by atoms with Gasteiger partial charge in [-0.15, -0.1) is 0 Å². The van der Waals surface area contributed by atoms with E-state index < -0.39 is 0 Å². The smallest absolute Gasteiger partial charge is 0.220 e. The van der Waals surface area contributed by atoms with Crippen LogP contribution in [0.4, 0.5) is 0 Å². The Morgan fingerprint density at radius 1 is 1.21 bits per heavy atom. The van der Waals surface area contributed by atoms with Gasteiger partial charge in [0, 0.05) is 38.5 Å². The lowest BCUT2D eigenvalue weighted by atomic mass is 9.76. The van der Waals surface area contributed by atoms with Gasteiger partial charge in [0.15, 0.2) is 0 Å². The number of carbonyl (C=O) groups excluding carboxylic acids is 1. The maximum Gasteiger partial charge on any atom is 0.220 e. The number of benzene rings is 1. The van der Waals surface area contributed by atoms with Gasteiger partial charge in [-0.05, 0) is 42.7 Å². The summed E-state index contributed by atoms with van der Waals surface area (Å²) in [5.41, 5.74) is 1.10. The standard InChI is InChI=1S/C25H40N2O2/c1-5-20(6-2)18-27-13-11-25(12-14-27)16-21(15-24(28)26-17-19(3)4)22-9-7-8-10-23(22)29-25/h7-10,19-21H,5-6,11-18H2,1-4H3,(H,26,28). The van der Waals surface area contributed by atoms with Crippen LogP contribution in [0.25, 0.3) is 0 Å². The van der Waals surface area contributed by atoms with Crippen molar-refractivity contribution in [1.82, 2.24) is 10.2 Å². The van der Waals surface area contributed by atoms with Gasteiger partial charge in [-0.2, -0.15) is 0 Å². The minimum Gasteiger partial charge on any atom is -0.487 e. The summed E-state index contributed by atoms with van der Waals surface area (Å²) in [7, 11) is 0. The Balaban J connectivity index is 1.67. The minimum atomic E-state index is -0.109. The predicted octanol–water partition coefficient (Wildman–Crippen LogP) is 4.99. The Morgan fingerprint density at radius 3 is 2.55 bits per heavy atom. The van der Waals surface area contributed by atoms with Gasteiger partial charge in [0.25, 0.3) is 0 Å². The van der Waals surface area contributed by atoms with Gasteiger partial charge in [-0.3, -0.25) is 4.79 Å². The highest BCUT2D eigenvalue weighted by atomic mass is 16.5. The molecule has 0 bridgehead atoms. The van der Waals surface area contributed by atoms with Crippen LogP contribution in [0.1, 0.15) is 77.7 Å². The maximum absolute atomic E-state index is 12.6. The lowest BCUT2D eigenvalue weighted by Crippen LogP contribution is -2.51. The van der Waals surface area contributed by atoms with Gasteiger partial charge in [0.1, 0.15) is 11.4 Å². The van der Waals surface area contributed by atoms with Crippen LogP contribution in [-0.2, 0) is 4.79 Å². The summed E-state index contributed by atoms with van der Waals surface area (Å²) in [6.45, 7) is 13.0. The van der Waals surface area contributed by atoms with E-state index in [0.717, 1.165) is 50.6 Å². The second-order valence-electron chi connectivity index (χ2n) is 9.61. The van der Waals surface area contributed by atoms with Crippen LogP contribution in [-0.4, -0.2) is 42.6 Å². The monoisotopic (exact) mass is 400 g/mol. The van der Waals surface area contributed by atoms with E-state index in [1.807, 2.05) is 0 Å². The molecule has 1 atom stereocenters. The van der Waals surface area contributed by atoms with Crippen molar-refractivity contribution in [3.63, 3.8) is 0 Å². The molecule has 4 nitrogen and oxygen atoms in total. The van der Waals surface area contributed by atoms with Gasteiger partial charge in [-0.1, -0.05) is 58.7 Å². The number of hydrogen-bond acceptors (Lipinski definition) is 3. The maximum atomic E-state index is 12.6. The molecule has 29 heavy (non-hydrogen) atoms. The molecule has 4 heteroatoms. The van der Waals surface area contributed by atoms with E-state index in [1.54, 1.807) is 0 Å². The largest absolute Gasteiger partial charge is 0.487 e. The number of ether oxygens (including phenoxy) is 1. The SMILES string of the molecule is CCC(CC)CN1CCC2(CC1)CC(CC(=O)NCC(C)C)c1ccccc1O2. The number of rotatable bonds is 8. The van der Waals surface area contributed by atoms with E-state index in [0.29, 0.717) is 12.3 Å². The predicted molar refractivity (Wildman–Crippen MR) is 119 cm³/mol. The van der Waals surface area contributed by atoms with Gasteiger partial charge < -0.3 is 15.0 Å². The first kappa shape index (κ1) is 22.1. The third-order valence-electron chi connectivity index (χ3n) is 6.88. The fourth-order valence-electron chi connectivity index (χ4n) is 4.90. The fraction of sp³-hybridized carbons (Fsp3) is 0.720. The van der Waals surface area contributed by atoms with Crippen LogP contribution in [0.3, 0.4) is 0 Å². The highest BCUT2D eigenvalue weighted by molar-refractivity contribution is 5.77. The first-order valence-electron chi connectivity index (χ1n) is 11.7. The molecule has 1 aromatic carbocycles. The molecule has 0 aliphatic carbocycles. The van der Waals surface area contributed by atoms with Crippen molar-refractivity contribution in [2.45, 2.75) is 77.7 Å². The molecule has 0 aromatic heterocycles. The van der Waals surface area contributed by atoms with Gasteiger partial charge >= 0.3 is 0 Å². The number of piperidine rings is 1. The Morgan fingerprint density at radius 2 is 1.90 bits per heavy atom. The number of likely N-dealkylation sites (tertiary alicyclic amines) is 1. The highest BCUT2D eigenvalue weighted by Gasteiger charge is 2.43. The molecule has 2 aliphatic heterocycles. The molecular formula is C25H40N2O2. The zero-order valence-electron chi connectivity index (χ0n) is 18.9. The highest BCUT2D eigenvalue weighted by Crippen LogP contribution is 2.46. The molecule has 1 unspecified atom stereocenters. The molecule has 0 radical (unpaired) electrons. The first-order valence-corrected chi connectivity index (χ1v) is 11.7. The summed E-state index contributed by atoms with van der Waals surface area (Å²) in [6.07, 6.45) is 6.16. The number of fused-ring (bicyclic) bond motifs is 1. The van der Waals surface area contributed by atoms with Crippen LogP contribution in [0.5, 0.6) is 5.75 Å². The van der Waals surface area contributed by atoms with Crippen LogP contribution in [0.15, 0.2) is 24.3 Å². The molecule has 162 valence electrons. The molecule has 2 heterocycles. The number of para-hydroxylation sites is 1. The molecule has 3 rings (SSSR count). The van der Waals surface area contributed by atoms with E-state index in [9.17, 15) is 4.79 Å².